The second kappa shape index (κ2) is 7.88. The highest BCUT2D eigenvalue weighted by Crippen LogP contribution is 2.26. The predicted octanol–water partition coefficient (Wildman–Crippen LogP) is 3.65. The molecule has 2 amide bonds. The maximum absolute atomic E-state index is 12.5. The van der Waals surface area contributed by atoms with Crippen LogP contribution >= 0.6 is 11.8 Å². The molecule has 0 aromatic heterocycles. The third kappa shape index (κ3) is 4.08. The zero-order valence-electron chi connectivity index (χ0n) is 14.1. The first-order valence-electron chi connectivity index (χ1n) is 7.34. The number of carbonyl (C=O) groups excluding carboxylic acids is 2. The summed E-state index contributed by atoms with van der Waals surface area (Å²) in [5, 5.41) is 2.84. The molecule has 0 saturated carbocycles. The number of carbonyl (C=O) groups is 2. The van der Waals surface area contributed by atoms with Crippen molar-refractivity contribution >= 4 is 35.0 Å². The molecule has 0 bridgehead atoms. The number of hydrogen-bond acceptors (Lipinski definition) is 4. The van der Waals surface area contributed by atoms with Gasteiger partial charge < -0.3 is 15.0 Å². The van der Waals surface area contributed by atoms with E-state index >= 15 is 0 Å². The Morgan fingerprint density at radius 2 is 1.79 bits per heavy atom. The minimum Gasteiger partial charge on any atom is -0.496 e. The second-order valence-electron chi connectivity index (χ2n) is 5.15. The summed E-state index contributed by atoms with van der Waals surface area (Å²) in [6.07, 6.45) is 1.97. The van der Waals surface area contributed by atoms with Crippen LogP contribution in [0.25, 0.3) is 0 Å². The Morgan fingerprint density at radius 3 is 2.33 bits per heavy atom. The van der Waals surface area contributed by atoms with Gasteiger partial charge in [0, 0.05) is 30.2 Å². The number of ether oxygens (including phenoxy) is 1. The van der Waals surface area contributed by atoms with Crippen molar-refractivity contribution in [3.63, 3.8) is 0 Å². The van der Waals surface area contributed by atoms with Gasteiger partial charge in [0.15, 0.2) is 0 Å². The lowest BCUT2D eigenvalue weighted by atomic mass is 10.1. The summed E-state index contributed by atoms with van der Waals surface area (Å²) in [4.78, 5) is 26.4. The van der Waals surface area contributed by atoms with Gasteiger partial charge in [0.1, 0.15) is 5.75 Å². The Balaban J connectivity index is 2.16. The molecular formula is C18H20N2O3S. The summed E-state index contributed by atoms with van der Waals surface area (Å²) in [6.45, 7) is 1.50. The van der Waals surface area contributed by atoms with Gasteiger partial charge in [-0.3, -0.25) is 9.59 Å². The normalized spacial score (nSPS) is 10.2. The van der Waals surface area contributed by atoms with E-state index in [0.717, 1.165) is 10.6 Å². The van der Waals surface area contributed by atoms with E-state index in [1.54, 1.807) is 56.3 Å². The van der Waals surface area contributed by atoms with Gasteiger partial charge >= 0.3 is 0 Å². The highest BCUT2D eigenvalue weighted by atomic mass is 32.2. The topological polar surface area (TPSA) is 58.6 Å². The van der Waals surface area contributed by atoms with Crippen LogP contribution in [0.3, 0.4) is 0 Å². The van der Waals surface area contributed by atoms with E-state index in [2.05, 4.69) is 5.32 Å². The van der Waals surface area contributed by atoms with Gasteiger partial charge in [-0.05, 0) is 48.7 Å². The summed E-state index contributed by atoms with van der Waals surface area (Å²) in [5.74, 6) is 0.241. The molecule has 24 heavy (non-hydrogen) atoms. The monoisotopic (exact) mass is 344 g/mol. The average Bonchev–Trinajstić information content (AvgIpc) is 2.60. The van der Waals surface area contributed by atoms with Crippen molar-refractivity contribution in [1.82, 2.24) is 0 Å². The zero-order valence-corrected chi connectivity index (χ0v) is 14.9. The highest BCUT2D eigenvalue weighted by Gasteiger charge is 2.13. The molecule has 0 radical (unpaired) electrons. The molecule has 5 nitrogen and oxygen atoms in total. The van der Waals surface area contributed by atoms with Crippen molar-refractivity contribution in [1.29, 1.82) is 0 Å². The molecule has 1 N–H and O–H groups in total. The van der Waals surface area contributed by atoms with Crippen molar-refractivity contribution in [2.24, 2.45) is 0 Å². The van der Waals surface area contributed by atoms with Crippen molar-refractivity contribution in [2.75, 3.05) is 30.6 Å². The second-order valence-corrected chi connectivity index (χ2v) is 6.02. The van der Waals surface area contributed by atoms with Gasteiger partial charge in [-0.15, -0.1) is 11.8 Å². The Morgan fingerprint density at radius 1 is 1.12 bits per heavy atom. The fourth-order valence-electron chi connectivity index (χ4n) is 2.13. The lowest BCUT2D eigenvalue weighted by Crippen LogP contribution is -2.22. The SMILES string of the molecule is COc1cc(SC)ccc1C(=O)Nc1ccc(N(C)C(C)=O)cc1. The summed E-state index contributed by atoms with van der Waals surface area (Å²) < 4.78 is 5.31. The first-order valence-corrected chi connectivity index (χ1v) is 8.56. The van der Waals surface area contributed by atoms with E-state index < -0.39 is 0 Å². The number of anilines is 2. The summed E-state index contributed by atoms with van der Waals surface area (Å²) in [7, 11) is 3.25. The van der Waals surface area contributed by atoms with E-state index in [4.69, 9.17) is 4.74 Å². The molecule has 6 heteroatoms. The first kappa shape index (κ1) is 17.9. The molecule has 0 unspecified atom stereocenters. The van der Waals surface area contributed by atoms with Crippen LogP contribution in [0, 0.1) is 0 Å². The Bertz CT molecular complexity index is 744. The highest BCUT2D eigenvalue weighted by molar-refractivity contribution is 7.98. The summed E-state index contributed by atoms with van der Waals surface area (Å²) in [6, 6.07) is 12.6. The third-order valence-electron chi connectivity index (χ3n) is 3.64. The van der Waals surface area contributed by atoms with Crippen LogP contribution in [0.1, 0.15) is 17.3 Å². The molecule has 0 spiro atoms. The van der Waals surface area contributed by atoms with E-state index in [1.165, 1.54) is 11.8 Å². The van der Waals surface area contributed by atoms with Gasteiger partial charge in [0.2, 0.25) is 5.91 Å². The van der Waals surface area contributed by atoms with Gasteiger partial charge in [0.25, 0.3) is 5.91 Å². The predicted molar refractivity (Wildman–Crippen MR) is 98.3 cm³/mol. The maximum atomic E-state index is 12.5. The average molecular weight is 344 g/mol. The van der Waals surface area contributed by atoms with Crippen molar-refractivity contribution < 1.29 is 14.3 Å². The lowest BCUT2D eigenvalue weighted by molar-refractivity contribution is -0.116. The largest absolute Gasteiger partial charge is 0.496 e. The molecule has 0 aliphatic heterocycles. The molecule has 0 aliphatic rings. The molecule has 0 fully saturated rings. The van der Waals surface area contributed by atoms with Gasteiger partial charge in [-0.25, -0.2) is 0 Å². The van der Waals surface area contributed by atoms with Crippen LogP contribution in [0.15, 0.2) is 47.4 Å². The van der Waals surface area contributed by atoms with Crippen molar-refractivity contribution in [3.05, 3.63) is 48.0 Å². The molecule has 126 valence electrons. The first-order chi connectivity index (χ1) is 11.5. The van der Waals surface area contributed by atoms with Crippen LogP contribution in [-0.2, 0) is 4.79 Å². The number of amides is 2. The lowest BCUT2D eigenvalue weighted by Gasteiger charge is -2.15. The Hall–Kier alpha value is -2.47. The number of nitrogens with zero attached hydrogens (tertiary/aromatic N) is 1. The number of rotatable bonds is 5. The Labute approximate surface area is 146 Å². The van der Waals surface area contributed by atoms with Gasteiger partial charge in [0.05, 0.1) is 12.7 Å². The molecule has 0 saturated heterocycles. The number of nitrogens with one attached hydrogen (secondary N) is 1. The van der Waals surface area contributed by atoms with E-state index in [9.17, 15) is 9.59 Å². The molecular weight excluding hydrogens is 324 g/mol. The van der Waals surface area contributed by atoms with Crippen molar-refractivity contribution in [3.8, 4) is 5.75 Å². The maximum Gasteiger partial charge on any atom is 0.259 e. The van der Waals surface area contributed by atoms with Crippen LogP contribution in [0.2, 0.25) is 0 Å². The van der Waals surface area contributed by atoms with Gasteiger partial charge in [-0.2, -0.15) is 0 Å². The molecule has 0 atom stereocenters. The van der Waals surface area contributed by atoms with Crippen LogP contribution in [0.5, 0.6) is 5.75 Å². The van der Waals surface area contributed by atoms with Crippen molar-refractivity contribution in [2.45, 2.75) is 11.8 Å². The summed E-state index contributed by atoms with van der Waals surface area (Å²) in [5.41, 5.74) is 1.89. The smallest absolute Gasteiger partial charge is 0.259 e. The number of benzene rings is 2. The number of thioether (sulfide) groups is 1. The Kier molecular flexibility index (Phi) is 5.87. The number of methoxy groups -OCH3 is 1. The van der Waals surface area contributed by atoms with E-state index in [-0.39, 0.29) is 11.8 Å². The fraction of sp³-hybridized carbons (Fsp3) is 0.222. The molecule has 0 aliphatic carbocycles. The standard InChI is InChI=1S/C18H20N2O3S/c1-12(21)20(2)14-7-5-13(6-8-14)19-18(22)16-10-9-15(24-4)11-17(16)23-3/h5-11H,1-4H3,(H,19,22). The quantitative estimate of drug-likeness (QED) is 0.841. The van der Waals surface area contributed by atoms with Crippen LogP contribution in [0.4, 0.5) is 11.4 Å². The summed E-state index contributed by atoms with van der Waals surface area (Å²) >= 11 is 1.59. The minimum atomic E-state index is -0.243. The van der Waals surface area contributed by atoms with Crippen LogP contribution in [-0.4, -0.2) is 32.2 Å². The fourth-order valence-corrected chi connectivity index (χ4v) is 2.56. The van der Waals surface area contributed by atoms with Crippen LogP contribution < -0.4 is 15.0 Å². The number of hydrogen-bond donors (Lipinski definition) is 1. The van der Waals surface area contributed by atoms with Gasteiger partial charge in [-0.1, -0.05) is 0 Å². The third-order valence-corrected chi connectivity index (χ3v) is 4.36. The van der Waals surface area contributed by atoms with E-state index in [0.29, 0.717) is 17.0 Å². The molecule has 0 heterocycles. The zero-order chi connectivity index (χ0) is 17.7. The molecule has 2 aromatic carbocycles. The van der Waals surface area contributed by atoms with E-state index in [1.807, 2.05) is 18.4 Å². The molecule has 2 aromatic rings. The minimum absolute atomic E-state index is 0.0506. The molecule has 2 rings (SSSR count).